The molecule has 6 nitrogen and oxygen atoms in total. The molecule has 166 valence electrons. The van der Waals surface area contributed by atoms with Gasteiger partial charge in [-0.05, 0) is 85.5 Å². The molecule has 0 aliphatic carbocycles. The molecule has 1 N–H and O–H groups in total. The lowest BCUT2D eigenvalue weighted by Gasteiger charge is -2.11. The van der Waals surface area contributed by atoms with Gasteiger partial charge in [-0.3, -0.25) is 4.79 Å². The Bertz CT molecular complexity index is 1110. The molecule has 0 heterocycles. The average Bonchev–Trinajstić information content (AvgIpc) is 2.79. The average molecular weight is 583 g/mol. The van der Waals surface area contributed by atoms with Gasteiger partial charge < -0.3 is 14.2 Å². The fourth-order valence-electron chi connectivity index (χ4n) is 2.74. The first-order valence-corrected chi connectivity index (χ1v) is 11.3. The Labute approximate surface area is 207 Å². The Morgan fingerprint density at radius 2 is 1.66 bits per heavy atom. The lowest BCUT2D eigenvalue weighted by atomic mass is 10.2. The van der Waals surface area contributed by atoms with Crippen molar-refractivity contribution in [3.05, 3.63) is 85.3 Å². The highest BCUT2D eigenvalue weighted by atomic mass is 79.9. The van der Waals surface area contributed by atoms with Crippen LogP contribution in [-0.2, 0) is 6.61 Å². The van der Waals surface area contributed by atoms with E-state index in [-0.39, 0.29) is 5.91 Å². The molecular formula is C23H19Br2ClN2O4. The predicted octanol–water partition coefficient (Wildman–Crippen LogP) is 6.23. The molecule has 0 saturated heterocycles. The second-order valence-electron chi connectivity index (χ2n) is 6.50. The van der Waals surface area contributed by atoms with E-state index >= 15 is 0 Å². The predicted molar refractivity (Wildman–Crippen MR) is 132 cm³/mol. The monoisotopic (exact) mass is 580 g/mol. The molecule has 0 saturated carbocycles. The Hall–Kier alpha value is -2.55. The van der Waals surface area contributed by atoms with Gasteiger partial charge in [0.15, 0.2) is 11.5 Å². The minimum atomic E-state index is -0.372. The number of nitrogens with one attached hydrogen (secondary N) is 1. The van der Waals surface area contributed by atoms with E-state index in [2.05, 4.69) is 42.4 Å². The molecule has 1 amide bonds. The van der Waals surface area contributed by atoms with Gasteiger partial charge in [0.25, 0.3) is 5.91 Å². The van der Waals surface area contributed by atoms with Gasteiger partial charge in [0, 0.05) is 10.6 Å². The van der Waals surface area contributed by atoms with Crippen LogP contribution in [0.25, 0.3) is 0 Å². The highest BCUT2D eigenvalue weighted by Gasteiger charge is 2.11. The highest BCUT2D eigenvalue weighted by Crippen LogP contribution is 2.35. The van der Waals surface area contributed by atoms with Crippen LogP contribution in [-0.4, -0.2) is 26.3 Å². The molecule has 9 heteroatoms. The maximum atomic E-state index is 12.4. The largest absolute Gasteiger partial charge is 0.493 e. The molecule has 0 aromatic heterocycles. The number of methoxy groups -OCH3 is 2. The van der Waals surface area contributed by atoms with Crippen molar-refractivity contribution in [1.82, 2.24) is 5.43 Å². The molecule has 0 atom stereocenters. The molecule has 0 aliphatic heterocycles. The van der Waals surface area contributed by atoms with Crippen molar-refractivity contribution in [3.63, 3.8) is 0 Å². The van der Waals surface area contributed by atoms with E-state index in [9.17, 15) is 4.79 Å². The van der Waals surface area contributed by atoms with Crippen molar-refractivity contribution < 1.29 is 19.0 Å². The molecule has 0 fully saturated rings. The van der Waals surface area contributed by atoms with E-state index in [0.29, 0.717) is 34.4 Å². The highest BCUT2D eigenvalue weighted by molar-refractivity contribution is 9.11. The summed E-state index contributed by atoms with van der Waals surface area (Å²) >= 11 is 13.0. The van der Waals surface area contributed by atoms with E-state index in [1.165, 1.54) is 20.4 Å². The zero-order valence-corrected chi connectivity index (χ0v) is 21.1. The van der Waals surface area contributed by atoms with Gasteiger partial charge >= 0.3 is 0 Å². The van der Waals surface area contributed by atoms with Crippen molar-refractivity contribution in [2.75, 3.05) is 14.2 Å². The number of carbonyl (C=O) groups is 1. The molecule has 0 unspecified atom stereocenters. The number of carbonyl (C=O) groups excluding carboxylic acids is 1. The number of amides is 1. The van der Waals surface area contributed by atoms with Gasteiger partial charge in [0.1, 0.15) is 12.4 Å². The summed E-state index contributed by atoms with van der Waals surface area (Å²) in [4.78, 5) is 12.4. The summed E-state index contributed by atoms with van der Waals surface area (Å²) in [5.74, 6) is 1.29. The van der Waals surface area contributed by atoms with Crippen LogP contribution in [0.5, 0.6) is 17.2 Å². The Morgan fingerprint density at radius 3 is 2.28 bits per heavy atom. The van der Waals surface area contributed by atoms with Crippen LogP contribution >= 0.6 is 43.5 Å². The maximum Gasteiger partial charge on any atom is 0.271 e. The number of ether oxygens (including phenoxy) is 3. The molecule has 32 heavy (non-hydrogen) atoms. The summed E-state index contributed by atoms with van der Waals surface area (Å²) < 4.78 is 17.8. The number of rotatable bonds is 8. The van der Waals surface area contributed by atoms with Crippen molar-refractivity contribution in [2.45, 2.75) is 6.61 Å². The quantitative estimate of drug-likeness (QED) is 0.253. The minimum absolute atomic E-state index is 0.372. The Kier molecular flexibility index (Phi) is 8.55. The SMILES string of the molecule is COc1ccc(C(=O)N/N=C/c2cc(Br)c(OCc3ccc(Cl)cc3)c(Br)c2)cc1OC. The summed E-state index contributed by atoms with van der Waals surface area (Å²) in [7, 11) is 3.04. The molecule has 0 spiro atoms. The molecular weight excluding hydrogens is 564 g/mol. The summed E-state index contributed by atoms with van der Waals surface area (Å²) in [5, 5.41) is 4.72. The van der Waals surface area contributed by atoms with Crippen molar-refractivity contribution in [2.24, 2.45) is 5.10 Å². The number of hydrogen-bond donors (Lipinski definition) is 1. The van der Waals surface area contributed by atoms with Crippen LogP contribution in [0.3, 0.4) is 0 Å². The van der Waals surface area contributed by atoms with Crippen LogP contribution in [0.2, 0.25) is 5.02 Å². The zero-order valence-electron chi connectivity index (χ0n) is 17.2. The van der Waals surface area contributed by atoms with Gasteiger partial charge in [0.05, 0.1) is 29.4 Å². The second kappa shape index (κ2) is 11.4. The third-order valence-corrected chi connectivity index (χ3v) is 5.77. The van der Waals surface area contributed by atoms with E-state index in [0.717, 1.165) is 20.1 Å². The second-order valence-corrected chi connectivity index (χ2v) is 8.64. The van der Waals surface area contributed by atoms with Crippen LogP contribution in [0.15, 0.2) is 68.6 Å². The van der Waals surface area contributed by atoms with Gasteiger partial charge in [0.2, 0.25) is 0 Å². The fourth-order valence-corrected chi connectivity index (χ4v) is 4.31. The van der Waals surface area contributed by atoms with Gasteiger partial charge in [-0.1, -0.05) is 23.7 Å². The first kappa shape index (κ1) is 24.1. The summed E-state index contributed by atoms with van der Waals surface area (Å²) in [6.45, 7) is 0.392. The Balaban J connectivity index is 1.64. The number of hydrazone groups is 1. The fraction of sp³-hybridized carbons (Fsp3) is 0.130. The van der Waals surface area contributed by atoms with E-state index in [1.807, 2.05) is 36.4 Å². The zero-order chi connectivity index (χ0) is 23.1. The van der Waals surface area contributed by atoms with Crippen LogP contribution in [0.1, 0.15) is 21.5 Å². The van der Waals surface area contributed by atoms with Crippen molar-refractivity contribution in [1.29, 1.82) is 0 Å². The number of halogens is 3. The normalized spacial score (nSPS) is 10.8. The molecule has 3 aromatic rings. The van der Waals surface area contributed by atoms with Gasteiger partial charge in [-0.2, -0.15) is 5.10 Å². The molecule has 3 aromatic carbocycles. The van der Waals surface area contributed by atoms with Gasteiger partial charge in [-0.15, -0.1) is 0 Å². The third-order valence-electron chi connectivity index (χ3n) is 4.34. The van der Waals surface area contributed by atoms with Crippen LogP contribution in [0, 0.1) is 0 Å². The maximum absolute atomic E-state index is 12.4. The topological polar surface area (TPSA) is 69.2 Å². The van der Waals surface area contributed by atoms with Crippen LogP contribution < -0.4 is 19.6 Å². The summed E-state index contributed by atoms with van der Waals surface area (Å²) in [6.07, 6.45) is 1.54. The Morgan fingerprint density at radius 1 is 1.00 bits per heavy atom. The first-order valence-electron chi connectivity index (χ1n) is 9.33. The lowest BCUT2D eigenvalue weighted by Crippen LogP contribution is -2.17. The standard InChI is InChI=1S/C23H19Br2ClN2O4/c1-30-20-8-5-16(11-21(20)31-2)23(29)28-27-12-15-9-18(24)22(19(25)10-15)32-13-14-3-6-17(26)7-4-14/h3-12H,13H2,1-2H3,(H,28,29)/b27-12+. The lowest BCUT2D eigenvalue weighted by molar-refractivity contribution is 0.0954. The van der Waals surface area contributed by atoms with Crippen molar-refractivity contribution >= 4 is 55.6 Å². The summed E-state index contributed by atoms with van der Waals surface area (Å²) in [6, 6.07) is 16.0. The molecule has 0 radical (unpaired) electrons. The van der Waals surface area contributed by atoms with E-state index < -0.39 is 0 Å². The van der Waals surface area contributed by atoms with Crippen molar-refractivity contribution in [3.8, 4) is 17.2 Å². The van der Waals surface area contributed by atoms with E-state index in [1.54, 1.807) is 18.2 Å². The minimum Gasteiger partial charge on any atom is -0.493 e. The molecule has 0 bridgehead atoms. The third kappa shape index (κ3) is 6.25. The summed E-state index contributed by atoms with van der Waals surface area (Å²) in [5.41, 5.74) is 4.66. The van der Waals surface area contributed by atoms with Crippen LogP contribution in [0.4, 0.5) is 0 Å². The number of nitrogens with zero attached hydrogens (tertiary/aromatic N) is 1. The number of benzene rings is 3. The molecule has 3 rings (SSSR count). The molecule has 0 aliphatic rings. The van der Waals surface area contributed by atoms with E-state index in [4.69, 9.17) is 25.8 Å². The number of hydrogen-bond acceptors (Lipinski definition) is 5. The first-order chi connectivity index (χ1) is 15.4. The van der Waals surface area contributed by atoms with Gasteiger partial charge in [-0.25, -0.2) is 5.43 Å². The smallest absolute Gasteiger partial charge is 0.271 e.